The fraction of sp³-hybridized carbons (Fsp3) is 0.333. The van der Waals surface area contributed by atoms with Crippen LogP contribution < -0.4 is 0 Å². The molecular formula is C12H14N2OS2. The number of thioether (sulfide) groups is 1. The van der Waals surface area contributed by atoms with Gasteiger partial charge in [-0.25, -0.2) is 0 Å². The fourth-order valence-corrected chi connectivity index (χ4v) is 3.18. The van der Waals surface area contributed by atoms with E-state index in [0.717, 1.165) is 14.9 Å². The predicted molar refractivity (Wildman–Crippen MR) is 71.5 cm³/mol. The third-order valence-corrected chi connectivity index (χ3v) is 4.38. The summed E-state index contributed by atoms with van der Waals surface area (Å²) in [5.41, 5.74) is 2.15. The van der Waals surface area contributed by atoms with Crippen LogP contribution in [0.15, 0.2) is 28.6 Å². The van der Waals surface area contributed by atoms with Crippen molar-refractivity contribution in [1.82, 2.24) is 10.2 Å². The number of aryl methyl sites for hydroxylation is 2. The Morgan fingerprint density at radius 2 is 1.94 bits per heavy atom. The van der Waals surface area contributed by atoms with E-state index < -0.39 is 6.10 Å². The smallest absolute Gasteiger partial charge is 0.174 e. The highest BCUT2D eigenvalue weighted by molar-refractivity contribution is 8.01. The summed E-state index contributed by atoms with van der Waals surface area (Å²) in [6, 6.07) is 7.95. The molecule has 2 aromatic rings. The van der Waals surface area contributed by atoms with Crippen molar-refractivity contribution < 1.29 is 5.11 Å². The van der Waals surface area contributed by atoms with Gasteiger partial charge in [0.05, 0.1) is 6.10 Å². The van der Waals surface area contributed by atoms with Gasteiger partial charge in [-0.1, -0.05) is 52.9 Å². The molecule has 1 N–H and O–H groups in total. The zero-order valence-corrected chi connectivity index (χ0v) is 11.4. The minimum absolute atomic E-state index is 0.454. The first-order valence-electron chi connectivity index (χ1n) is 5.32. The van der Waals surface area contributed by atoms with Crippen molar-refractivity contribution in [3.8, 4) is 0 Å². The topological polar surface area (TPSA) is 46.0 Å². The van der Waals surface area contributed by atoms with Gasteiger partial charge < -0.3 is 5.11 Å². The van der Waals surface area contributed by atoms with Gasteiger partial charge in [0.2, 0.25) is 0 Å². The van der Waals surface area contributed by atoms with Gasteiger partial charge in [-0.05, 0) is 19.4 Å². The molecule has 5 heteroatoms. The van der Waals surface area contributed by atoms with Crippen molar-refractivity contribution in [1.29, 1.82) is 0 Å². The average Bonchev–Trinajstić information content (AvgIpc) is 2.73. The van der Waals surface area contributed by atoms with Gasteiger partial charge in [0, 0.05) is 5.75 Å². The molecule has 3 nitrogen and oxygen atoms in total. The van der Waals surface area contributed by atoms with Gasteiger partial charge in [-0.3, -0.25) is 0 Å². The molecule has 0 radical (unpaired) electrons. The summed E-state index contributed by atoms with van der Waals surface area (Å²) in [5, 5.41) is 18.9. The number of hydrogen-bond acceptors (Lipinski definition) is 5. The van der Waals surface area contributed by atoms with Crippen molar-refractivity contribution in [2.24, 2.45) is 0 Å². The Hall–Kier alpha value is -0.910. The Balaban J connectivity index is 1.93. The average molecular weight is 266 g/mol. The molecule has 1 aromatic heterocycles. The van der Waals surface area contributed by atoms with Gasteiger partial charge in [0.1, 0.15) is 5.01 Å². The number of hydrogen-bond donors (Lipinski definition) is 1. The number of rotatable bonds is 4. The fourth-order valence-electron chi connectivity index (χ4n) is 1.37. The maximum absolute atomic E-state index is 10.0. The van der Waals surface area contributed by atoms with Crippen molar-refractivity contribution in [3.63, 3.8) is 0 Å². The van der Waals surface area contributed by atoms with Gasteiger partial charge in [-0.2, -0.15) is 0 Å². The van der Waals surface area contributed by atoms with E-state index in [1.54, 1.807) is 23.1 Å². The third-order valence-electron chi connectivity index (χ3n) is 2.33. The van der Waals surface area contributed by atoms with Crippen LogP contribution in [0.3, 0.4) is 0 Å². The first-order chi connectivity index (χ1) is 8.15. The monoisotopic (exact) mass is 266 g/mol. The van der Waals surface area contributed by atoms with Gasteiger partial charge in [0.15, 0.2) is 4.34 Å². The van der Waals surface area contributed by atoms with Crippen molar-refractivity contribution in [3.05, 3.63) is 40.4 Å². The lowest BCUT2D eigenvalue weighted by atomic mass is 10.1. The molecule has 1 aromatic carbocycles. The molecule has 0 aliphatic carbocycles. The minimum Gasteiger partial charge on any atom is -0.388 e. The number of nitrogens with zero attached hydrogens (tertiary/aromatic N) is 2. The number of benzene rings is 1. The predicted octanol–water partition coefficient (Wildman–Crippen LogP) is 2.98. The van der Waals surface area contributed by atoms with E-state index in [-0.39, 0.29) is 0 Å². The second kappa shape index (κ2) is 5.62. The van der Waals surface area contributed by atoms with Crippen molar-refractivity contribution in [2.45, 2.75) is 24.3 Å². The van der Waals surface area contributed by atoms with Crippen molar-refractivity contribution >= 4 is 23.1 Å². The normalized spacial score (nSPS) is 12.6. The molecule has 0 saturated heterocycles. The van der Waals surface area contributed by atoms with E-state index in [1.165, 1.54) is 5.56 Å². The molecule has 0 bridgehead atoms. The van der Waals surface area contributed by atoms with E-state index in [0.29, 0.717) is 5.75 Å². The molecule has 0 fully saturated rings. The van der Waals surface area contributed by atoms with Gasteiger partial charge in [-0.15, -0.1) is 10.2 Å². The van der Waals surface area contributed by atoms with Crippen LogP contribution in [0, 0.1) is 13.8 Å². The lowest BCUT2D eigenvalue weighted by Gasteiger charge is -2.09. The minimum atomic E-state index is -0.454. The highest BCUT2D eigenvalue weighted by Crippen LogP contribution is 2.26. The molecule has 17 heavy (non-hydrogen) atoms. The van der Waals surface area contributed by atoms with Crippen LogP contribution in [0.2, 0.25) is 0 Å². The molecule has 2 rings (SSSR count). The summed E-state index contributed by atoms with van der Waals surface area (Å²) in [4.78, 5) is 0. The van der Waals surface area contributed by atoms with E-state index in [4.69, 9.17) is 0 Å². The van der Waals surface area contributed by atoms with Crippen LogP contribution in [0.4, 0.5) is 0 Å². The van der Waals surface area contributed by atoms with Crippen LogP contribution in [-0.4, -0.2) is 21.1 Å². The second-order valence-electron chi connectivity index (χ2n) is 3.82. The summed E-state index contributed by atoms with van der Waals surface area (Å²) >= 11 is 3.10. The maximum atomic E-state index is 10.0. The number of aliphatic hydroxyl groups is 1. The van der Waals surface area contributed by atoms with Crippen molar-refractivity contribution in [2.75, 3.05) is 5.75 Å². The molecule has 0 spiro atoms. The first kappa shape index (κ1) is 12.5. The maximum Gasteiger partial charge on any atom is 0.174 e. The SMILES string of the molecule is Cc1ccc(C(O)CSc2nnc(C)s2)cc1. The van der Waals surface area contributed by atoms with Crippen LogP contribution in [0.5, 0.6) is 0 Å². The zero-order valence-electron chi connectivity index (χ0n) is 9.75. The number of aliphatic hydroxyl groups excluding tert-OH is 1. The zero-order chi connectivity index (χ0) is 12.3. The molecule has 1 heterocycles. The first-order valence-corrected chi connectivity index (χ1v) is 7.13. The molecule has 0 saturated carbocycles. The summed E-state index contributed by atoms with van der Waals surface area (Å²) in [7, 11) is 0. The largest absolute Gasteiger partial charge is 0.388 e. The standard InChI is InChI=1S/C12H14N2OS2/c1-8-3-5-10(6-4-8)11(15)7-16-12-14-13-9(2)17-12/h3-6,11,15H,7H2,1-2H3. The van der Waals surface area contributed by atoms with E-state index in [9.17, 15) is 5.11 Å². The van der Waals surface area contributed by atoms with E-state index in [2.05, 4.69) is 10.2 Å². The van der Waals surface area contributed by atoms with Crippen LogP contribution in [0.25, 0.3) is 0 Å². The molecule has 0 amide bonds. The highest BCUT2D eigenvalue weighted by Gasteiger charge is 2.09. The van der Waals surface area contributed by atoms with Gasteiger partial charge >= 0.3 is 0 Å². The Morgan fingerprint density at radius 3 is 2.53 bits per heavy atom. The highest BCUT2D eigenvalue weighted by atomic mass is 32.2. The van der Waals surface area contributed by atoms with Crippen LogP contribution in [-0.2, 0) is 0 Å². The summed E-state index contributed by atoms with van der Waals surface area (Å²) < 4.78 is 0.911. The van der Waals surface area contributed by atoms with Crippen LogP contribution in [0.1, 0.15) is 22.2 Å². The van der Waals surface area contributed by atoms with Crippen LogP contribution >= 0.6 is 23.1 Å². The third kappa shape index (κ3) is 3.52. The quantitative estimate of drug-likeness (QED) is 0.864. The summed E-state index contributed by atoms with van der Waals surface area (Å²) in [5.74, 6) is 0.609. The second-order valence-corrected chi connectivity index (χ2v) is 6.27. The Labute approximate surface area is 109 Å². The van der Waals surface area contributed by atoms with E-state index >= 15 is 0 Å². The lowest BCUT2D eigenvalue weighted by Crippen LogP contribution is -2.00. The van der Waals surface area contributed by atoms with Gasteiger partial charge in [0.25, 0.3) is 0 Å². The Morgan fingerprint density at radius 1 is 1.24 bits per heavy atom. The lowest BCUT2D eigenvalue weighted by molar-refractivity contribution is 0.204. The molecule has 0 aliphatic heterocycles. The molecule has 1 atom stereocenters. The number of aromatic nitrogens is 2. The molecular weight excluding hydrogens is 252 g/mol. The Bertz CT molecular complexity index is 482. The Kier molecular flexibility index (Phi) is 4.15. The molecule has 90 valence electrons. The summed E-state index contributed by atoms with van der Waals surface area (Å²) in [6.45, 7) is 3.97. The molecule has 1 unspecified atom stereocenters. The molecule has 0 aliphatic rings. The van der Waals surface area contributed by atoms with E-state index in [1.807, 2.05) is 38.1 Å². The summed E-state index contributed by atoms with van der Waals surface area (Å²) in [6.07, 6.45) is -0.454.